The fourth-order valence-electron chi connectivity index (χ4n) is 3.10. The van der Waals surface area contributed by atoms with Crippen LogP contribution in [0.25, 0.3) is 0 Å². The third kappa shape index (κ3) is 4.91. The van der Waals surface area contributed by atoms with Crippen molar-refractivity contribution in [3.63, 3.8) is 0 Å². The number of carbonyl (C=O) groups is 1. The average Bonchev–Trinajstić information content (AvgIpc) is 2.63. The van der Waals surface area contributed by atoms with Gasteiger partial charge < -0.3 is 10.6 Å². The van der Waals surface area contributed by atoms with E-state index >= 15 is 0 Å². The van der Waals surface area contributed by atoms with E-state index in [1.54, 1.807) is 0 Å². The van der Waals surface area contributed by atoms with Crippen molar-refractivity contribution in [2.45, 2.75) is 12.5 Å². The molecule has 0 bridgehead atoms. The van der Waals surface area contributed by atoms with Gasteiger partial charge in [-0.25, -0.2) is 0 Å². The molecular weight excluding hydrogens is 298 g/mol. The number of carbonyl (C=O) groups excluding carboxylic acids is 1. The second-order valence-corrected chi connectivity index (χ2v) is 6.25. The van der Waals surface area contributed by atoms with Crippen LogP contribution in [-0.4, -0.2) is 43.5 Å². The third-order valence-electron chi connectivity index (χ3n) is 4.40. The summed E-state index contributed by atoms with van der Waals surface area (Å²) in [4.78, 5) is 14.7. The summed E-state index contributed by atoms with van der Waals surface area (Å²) in [7, 11) is 0. The Morgan fingerprint density at radius 3 is 2.29 bits per heavy atom. The number of amides is 1. The van der Waals surface area contributed by atoms with Crippen LogP contribution >= 0.6 is 0 Å². The molecule has 0 aliphatic carbocycles. The van der Waals surface area contributed by atoms with Crippen molar-refractivity contribution >= 4 is 5.91 Å². The first-order valence-electron chi connectivity index (χ1n) is 8.62. The summed E-state index contributed by atoms with van der Waals surface area (Å²) in [5.74, 6) is 0.0988. The summed E-state index contributed by atoms with van der Waals surface area (Å²) < 4.78 is 0. The van der Waals surface area contributed by atoms with Crippen LogP contribution in [0.4, 0.5) is 0 Å². The molecule has 0 saturated carbocycles. The number of nitrogens with one attached hydrogen (secondary N) is 2. The summed E-state index contributed by atoms with van der Waals surface area (Å²) >= 11 is 0. The molecule has 4 heteroatoms. The van der Waals surface area contributed by atoms with Gasteiger partial charge in [0.15, 0.2) is 0 Å². The molecule has 1 aliphatic rings. The Balaban J connectivity index is 1.66. The van der Waals surface area contributed by atoms with Crippen LogP contribution in [0.5, 0.6) is 0 Å². The number of hydrogen-bond acceptors (Lipinski definition) is 3. The van der Waals surface area contributed by atoms with Crippen LogP contribution in [0.15, 0.2) is 60.7 Å². The lowest BCUT2D eigenvalue weighted by atomic mass is 9.99. The minimum atomic E-state index is 0.00372. The van der Waals surface area contributed by atoms with Crippen LogP contribution in [0.1, 0.15) is 17.2 Å². The molecule has 0 spiro atoms. The molecule has 2 N–H and O–H groups in total. The van der Waals surface area contributed by atoms with E-state index in [1.165, 1.54) is 5.56 Å². The normalized spacial score (nSPS) is 16.5. The maximum absolute atomic E-state index is 12.5. The van der Waals surface area contributed by atoms with Gasteiger partial charge in [-0.15, -0.1) is 0 Å². The first-order chi connectivity index (χ1) is 11.8. The molecule has 0 aromatic heterocycles. The van der Waals surface area contributed by atoms with Gasteiger partial charge in [-0.3, -0.25) is 9.69 Å². The highest BCUT2D eigenvalue weighted by Crippen LogP contribution is 2.18. The highest BCUT2D eigenvalue weighted by molar-refractivity contribution is 5.78. The van der Waals surface area contributed by atoms with Gasteiger partial charge in [-0.2, -0.15) is 0 Å². The summed E-state index contributed by atoms with van der Waals surface area (Å²) in [6.45, 7) is 4.25. The molecule has 2 aromatic rings. The number of nitrogens with zero attached hydrogens (tertiary/aromatic N) is 1. The molecule has 1 atom stereocenters. The molecule has 1 unspecified atom stereocenters. The minimum absolute atomic E-state index is 0.00372. The second-order valence-electron chi connectivity index (χ2n) is 6.25. The van der Waals surface area contributed by atoms with Crippen LogP contribution in [0, 0.1) is 0 Å². The SMILES string of the molecule is O=C(CN1CCNCC1)NC(Cc1ccccc1)c1ccccc1. The summed E-state index contributed by atoms with van der Waals surface area (Å²) in [6, 6.07) is 20.5. The van der Waals surface area contributed by atoms with E-state index in [4.69, 9.17) is 0 Å². The summed E-state index contributed by atoms with van der Waals surface area (Å²) in [5.41, 5.74) is 2.38. The topological polar surface area (TPSA) is 44.4 Å². The fourth-order valence-corrected chi connectivity index (χ4v) is 3.10. The first kappa shape index (κ1) is 16.7. The molecule has 126 valence electrons. The lowest BCUT2D eigenvalue weighted by Gasteiger charge is -2.27. The largest absolute Gasteiger partial charge is 0.348 e. The van der Waals surface area contributed by atoms with Gasteiger partial charge in [0, 0.05) is 26.2 Å². The molecule has 3 rings (SSSR count). The van der Waals surface area contributed by atoms with Crippen molar-refractivity contribution in [3.8, 4) is 0 Å². The molecule has 1 saturated heterocycles. The molecule has 2 aromatic carbocycles. The van der Waals surface area contributed by atoms with Crippen molar-refractivity contribution in [2.75, 3.05) is 32.7 Å². The smallest absolute Gasteiger partial charge is 0.234 e. The zero-order valence-electron chi connectivity index (χ0n) is 13.9. The van der Waals surface area contributed by atoms with Gasteiger partial charge in [-0.05, 0) is 17.5 Å². The van der Waals surface area contributed by atoms with Crippen LogP contribution in [-0.2, 0) is 11.2 Å². The van der Waals surface area contributed by atoms with Crippen molar-refractivity contribution in [3.05, 3.63) is 71.8 Å². The van der Waals surface area contributed by atoms with Crippen molar-refractivity contribution in [2.24, 2.45) is 0 Å². The van der Waals surface area contributed by atoms with Gasteiger partial charge >= 0.3 is 0 Å². The maximum atomic E-state index is 12.5. The molecule has 1 amide bonds. The highest BCUT2D eigenvalue weighted by Gasteiger charge is 2.18. The fraction of sp³-hybridized carbons (Fsp3) is 0.350. The van der Waals surface area contributed by atoms with E-state index in [0.29, 0.717) is 6.54 Å². The molecule has 1 fully saturated rings. The van der Waals surface area contributed by atoms with Crippen LogP contribution in [0.2, 0.25) is 0 Å². The van der Waals surface area contributed by atoms with Crippen molar-refractivity contribution < 1.29 is 4.79 Å². The number of benzene rings is 2. The molecule has 1 heterocycles. The van der Waals surface area contributed by atoms with Crippen molar-refractivity contribution in [1.82, 2.24) is 15.5 Å². The van der Waals surface area contributed by atoms with Crippen LogP contribution < -0.4 is 10.6 Å². The standard InChI is InChI=1S/C20H25N3O/c24-20(16-23-13-11-21-12-14-23)22-19(18-9-5-2-6-10-18)15-17-7-3-1-4-8-17/h1-10,19,21H,11-16H2,(H,22,24). The maximum Gasteiger partial charge on any atom is 0.234 e. The molecule has 24 heavy (non-hydrogen) atoms. The van der Waals surface area contributed by atoms with E-state index in [0.717, 1.165) is 38.2 Å². The third-order valence-corrected chi connectivity index (χ3v) is 4.40. The summed E-state index contributed by atoms with van der Waals surface area (Å²) in [6.07, 6.45) is 0.804. The lowest BCUT2D eigenvalue weighted by Crippen LogP contribution is -2.48. The minimum Gasteiger partial charge on any atom is -0.348 e. The van der Waals surface area contributed by atoms with Gasteiger partial charge in [0.05, 0.1) is 12.6 Å². The Hall–Kier alpha value is -2.17. The quantitative estimate of drug-likeness (QED) is 0.854. The van der Waals surface area contributed by atoms with Crippen LogP contribution in [0.3, 0.4) is 0 Å². The Morgan fingerprint density at radius 2 is 1.62 bits per heavy atom. The van der Waals surface area contributed by atoms with Gasteiger partial charge in [0.25, 0.3) is 0 Å². The first-order valence-corrected chi connectivity index (χ1v) is 8.62. The Morgan fingerprint density at radius 1 is 1.00 bits per heavy atom. The number of rotatable bonds is 6. The Labute approximate surface area is 143 Å². The van der Waals surface area contributed by atoms with E-state index in [-0.39, 0.29) is 11.9 Å². The number of hydrogen-bond donors (Lipinski definition) is 2. The summed E-state index contributed by atoms with van der Waals surface area (Å²) in [5, 5.41) is 6.54. The van der Waals surface area contributed by atoms with E-state index in [1.807, 2.05) is 36.4 Å². The van der Waals surface area contributed by atoms with Gasteiger partial charge in [0.1, 0.15) is 0 Å². The monoisotopic (exact) mass is 323 g/mol. The van der Waals surface area contributed by atoms with E-state index < -0.39 is 0 Å². The molecule has 0 radical (unpaired) electrons. The second kappa shape index (κ2) is 8.62. The van der Waals surface area contributed by atoms with E-state index in [2.05, 4.69) is 39.8 Å². The Kier molecular flexibility index (Phi) is 5.99. The molecule has 4 nitrogen and oxygen atoms in total. The predicted molar refractivity (Wildman–Crippen MR) is 96.8 cm³/mol. The van der Waals surface area contributed by atoms with E-state index in [9.17, 15) is 4.79 Å². The number of piperazine rings is 1. The zero-order valence-corrected chi connectivity index (χ0v) is 13.9. The average molecular weight is 323 g/mol. The lowest BCUT2D eigenvalue weighted by molar-refractivity contribution is -0.123. The van der Waals surface area contributed by atoms with Gasteiger partial charge in [0.2, 0.25) is 5.91 Å². The molecular formula is C20H25N3O. The zero-order chi connectivity index (χ0) is 16.6. The predicted octanol–water partition coefficient (Wildman–Crippen LogP) is 1.99. The van der Waals surface area contributed by atoms with Gasteiger partial charge in [-0.1, -0.05) is 60.7 Å². The van der Waals surface area contributed by atoms with Crippen molar-refractivity contribution in [1.29, 1.82) is 0 Å². The molecule has 1 aliphatic heterocycles. The Bertz CT molecular complexity index is 624. The highest BCUT2D eigenvalue weighted by atomic mass is 16.2.